The number of anilines is 2. The first kappa shape index (κ1) is 12.5. The molecule has 6 heteroatoms. The Labute approximate surface area is 107 Å². The lowest BCUT2D eigenvalue weighted by molar-refractivity contribution is 0.596. The van der Waals surface area contributed by atoms with E-state index in [4.69, 9.17) is 5.26 Å². The van der Waals surface area contributed by atoms with Crippen LogP contribution in [0.25, 0.3) is 0 Å². The molecule has 0 radical (unpaired) electrons. The molecule has 2 rings (SSSR count). The molecule has 0 saturated heterocycles. The van der Waals surface area contributed by atoms with Gasteiger partial charge in [0, 0.05) is 6.07 Å². The molecule has 0 aliphatic carbocycles. The van der Waals surface area contributed by atoms with Gasteiger partial charge in [0.15, 0.2) is 0 Å². The zero-order chi connectivity index (χ0) is 13.3. The smallest absolute Gasteiger partial charge is 0.147 e. The predicted octanol–water partition coefficient (Wildman–Crippen LogP) is 3.65. The molecule has 0 spiro atoms. The van der Waals surface area contributed by atoms with Crippen LogP contribution in [0.4, 0.5) is 19.5 Å². The van der Waals surface area contributed by atoms with Gasteiger partial charge in [-0.1, -0.05) is 0 Å². The highest BCUT2D eigenvalue weighted by molar-refractivity contribution is 7.10. The van der Waals surface area contributed by atoms with E-state index in [1.807, 2.05) is 6.07 Å². The first-order chi connectivity index (χ1) is 8.52. The summed E-state index contributed by atoms with van der Waals surface area (Å²) in [6, 6.07) is 4.16. The molecular weight excluding hydrogens is 256 g/mol. The first-order valence-electron chi connectivity index (χ1n) is 5.12. The van der Waals surface area contributed by atoms with Crippen molar-refractivity contribution in [2.75, 3.05) is 5.32 Å². The third kappa shape index (κ3) is 2.17. The fraction of sp³-hybridized carbons (Fsp3) is 0.167. The summed E-state index contributed by atoms with van der Waals surface area (Å²) in [5.41, 5.74) is 1.15. The van der Waals surface area contributed by atoms with Crippen molar-refractivity contribution in [2.24, 2.45) is 0 Å². The summed E-state index contributed by atoms with van der Waals surface area (Å²) >= 11 is 1.04. The van der Waals surface area contributed by atoms with Crippen molar-refractivity contribution < 1.29 is 8.78 Å². The second-order valence-corrected chi connectivity index (χ2v) is 4.56. The van der Waals surface area contributed by atoms with Gasteiger partial charge in [0.1, 0.15) is 28.3 Å². The molecular formula is C12H9F2N3S. The number of aromatic nitrogens is 1. The number of nitrogens with zero attached hydrogens (tertiary/aromatic N) is 2. The third-order valence-electron chi connectivity index (χ3n) is 2.47. The lowest BCUT2D eigenvalue weighted by Gasteiger charge is -2.07. The van der Waals surface area contributed by atoms with E-state index in [2.05, 4.69) is 9.69 Å². The Morgan fingerprint density at radius 2 is 2.00 bits per heavy atom. The minimum absolute atomic E-state index is 0.00162. The molecule has 0 aliphatic heterocycles. The van der Waals surface area contributed by atoms with Crippen LogP contribution in [0, 0.1) is 36.8 Å². The van der Waals surface area contributed by atoms with Crippen LogP contribution < -0.4 is 5.32 Å². The second-order valence-electron chi connectivity index (χ2n) is 3.79. The Kier molecular flexibility index (Phi) is 3.26. The van der Waals surface area contributed by atoms with Crippen molar-refractivity contribution in [1.29, 1.82) is 5.26 Å². The van der Waals surface area contributed by atoms with Gasteiger partial charge in [0.05, 0.1) is 11.4 Å². The number of hydrogen-bond donors (Lipinski definition) is 1. The zero-order valence-corrected chi connectivity index (χ0v) is 10.5. The van der Waals surface area contributed by atoms with E-state index in [1.54, 1.807) is 6.92 Å². The largest absolute Gasteiger partial charge is 0.342 e. The Bertz CT molecular complexity index is 644. The Balaban J connectivity index is 2.41. The number of aryl methyl sites for hydroxylation is 2. The number of nitrogens with one attached hydrogen (secondary N) is 1. The van der Waals surface area contributed by atoms with Crippen LogP contribution in [0.3, 0.4) is 0 Å². The Hall–Kier alpha value is -2.00. The molecule has 92 valence electrons. The van der Waals surface area contributed by atoms with Gasteiger partial charge in [-0.25, -0.2) is 8.78 Å². The SMILES string of the molecule is Cc1cc(F)c(Nc2snc(C)c2C#N)cc1F. The normalized spacial score (nSPS) is 10.2. The van der Waals surface area contributed by atoms with Gasteiger partial charge < -0.3 is 5.32 Å². The minimum atomic E-state index is -0.566. The Morgan fingerprint density at radius 3 is 2.67 bits per heavy atom. The topological polar surface area (TPSA) is 48.7 Å². The number of halogens is 2. The van der Waals surface area contributed by atoms with Gasteiger partial charge in [-0.15, -0.1) is 0 Å². The molecule has 0 bridgehead atoms. The van der Waals surface area contributed by atoms with Crippen molar-refractivity contribution in [3.05, 3.63) is 40.6 Å². The number of rotatable bonds is 2. The molecule has 2 aromatic rings. The van der Waals surface area contributed by atoms with Gasteiger partial charge in [0.2, 0.25) is 0 Å². The molecule has 3 nitrogen and oxygen atoms in total. The highest BCUT2D eigenvalue weighted by Gasteiger charge is 2.13. The summed E-state index contributed by atoms with van der Waals surface area (Å²) < 4.78 is 31.0. The van der Waals surface area contributed by atoms with Crippen molar-refractivity contribution >= 4 is 22.2 Å². The van der Waals surface area contributed by atoms with Crippen LogP contribution in [0.2, 0.25) is 0 Å². The molecule has 18 heavy (non-hydrogen) atoms. The standard InChI is InChI=1S/C12H9F2N3S/c1-6-3-10(14)11(4-9(6)13)16-12-8(5-15)7(2)17-18-12/h3-4,16H,1-2H3. The molecule has 1 heterocycles. The molecule has 0 saturated carbocycles. The van der Waals surface area contributed by atoms with E-state index >= 15 is 0 Å². The third-order valence-corrected chi connectivity index (χ3v) is 3.32. The molecule has 1 N–H and O–H groups in total. The van der Waals surface area contributed by atoms with Crippen LogP contribution in [-0.4, -0.2) is 4.37 Å². The monoisotopic (exact) mass is 265 g/mol. The summed E-state index contributed by atoms with van der Waals surface area (Å²) in [5, 5.41) is 12.1. The molecule has 0 aliphatic rings. The zero-order valence-electron chi connectivity index (χ0n) is 9.71. The summed E-state index contributed by atoms with van der Waals surface area (Å²) in [4.78, 5) is 0. The maximum Gasteiger partial charge on any atom is 0.147 e. The van der Waals surface area contributed by atoms with Crippen molar-refractivity contribution in [2.45, 2.75) is 13.8 Å². The van der Waals surface area contributed by atoms with Crippen LogP contribution in [0.5, 0.6) is 0 Å². The van der Waals surface area contributed by atoms with Crippen molar-refractivity contribution in [3.8, 4) is 6.07 Å². The summed E-state index contributed by atoms with van der Waals surface area (Å²) in [7, 11) is 0. The molecule has 0 unspecified atom stereocenters. The van der Waals surface area contributed by atoms with E-state index in [-0.39, 0.29) is 11.3 Å². The van der Waals surface area contributed by atoms with E-state index in [9.17, 15) is 8.78 Å². The van der Waals surface area contributed by atoms with Crippen molar-refractivity contribution in [1.82, 2.24) is 4.37 Å². The van der Waals surface area contributed by atoms with Crippen LogP contribution in [0.15, 0.2) is 12.1 Å². The Morgan fingerprint density at radius 1 is 1.28 bits per heavy atom. The highest BCUT2D eigenvalue weighted by Crippen LogP contribution is 2.29. The van der Waals surface area contributed by atoms with Crippen LogP contribution in [-0.2, 0) is 0 Å². The summed E-state index contributed by atoms with van der Waals surface area (Å²) in [5.74, 6) is -1.07. The quantitative estimate of drug-likeness (QED) is 0.901. The fourth-order valence-electron chi connectivity index (χ4n) is 1.45. The average molecular weight is 265 g/mol. The summed E-state index contributed by atoms with van der Waals surface area (Å²) in [6.45, 7) is 3.17. The molecule has 0 atom stereocenters. The second kappa shape index (κ2) is 4.70. The van der Waals surface area contributed by atoms with E-state index in [1.165, 1.54) is 6.92 Å². The summed E-state index contributed by atoms with van der Waals surface area (Å²) in [6.07, 6.45) is 0. The van der Waals surface area contributed by atoms with Crippen LogP contribution >= 0.6 is 11.5 Å². The lowest BCUT2D eigenvalue weighted by atomic mass is 10.2. The predicted molar refractivity (Wildman–Crippen MR) is 65.9 cm³/mol. The van der Waals surface area contributed by atoms with E-state index in [0.717, 1.165) is 23.7 Å². The molecule has 1 aromatic carbocycles. The number of benzene rings is 1. The maximum absolute atomic E-state index is 13.6. The maximum atomic E-state index is 13.6. The number of nitriles is 1. The first-order valence-corrected chi connectivity index (χ1v) is 5.89. The fourth-order valence-corrected chi connectivity index (χ4v) is 2.21. The van der Waals surface area contributed by atoms with Gasteiger partial charge in [0.25, 0.3) is 0 Å². The van der Waals surface area contributed by atoms with Gasteiger partial charge in [-0.3, -0.25) is 0 Å². The van der Waals surface area contributed by atoms with Gasteiger partial charge >= 0.3 is 0 Å². The minimum Gasteiger partial charge on any atom is -0.342 e. The van der Waals surface area contributed by atoms with Gasteiger partial charge in [-0.2, -0.15) is 9.64 Å². The molecule has 1 aromatic heterocycles. The number of hydrogen-bond acceptors (Lipinski definition) is 4. The van der Waals surface area contributed by atoms with Crippen molar-refractivity contribution in [3.63, 3.8) is 0 Å². The van der Waals surface area contributed by atoms with E-state index in [0.29, 0.717) is 16.3 Å². The lowest BCUT2D eigenvalue weighted by Crippen LogP contribution is -1.96. The average Bonchev–Trinajstić information content (AvgIpc) is 2.67. The van der Waals surface area contributed by atoms with E-state index < -0.39 is 11.6 Å². The van der Waals surface area contributed by atoms with Crippen LogP contribution in [0.1, 0.15) is 16.8 Å². The van der Waals surface area contributed by atoms with Gasteiger partial charge in [-0.05, 0) is 37.0 Å². The molecule has 0 fully saturated rings. The highest BCUT2D eigenvalue weighted by atomic mass is 32.1. The molecule has 0 amide bonds.